The number of carbonyl (C=O) groups is 1. The molecule has 0 aromatic carbocycles. The number of nitrogens with two attached hydrogens (primary N) is 1. The van der Waals surface area contributed by atoms with E-state index in [4.69, 9.17) is 11.0 Å². The van der Waals surface area contributed by atoms with Crippen LogP contribution in [0.3, 0.4) is 0 Å². The maximum atomic E-state index is 10.5. The number of hydrogen-bond acceptors (Lipinski definition) is 3. The average Bonchev–Trinajstić information content (AvgIpc) is 2.05. The summed E-state index contributed by atoms with van der Waals surface area (Å²) in [5.74, 6) is 4.10. The molecule has 0 saturated heterocycles. The number of carboxylic acid groups (broad SMARTS) is 1. The predicted octanol–water partition coefficient (Wildman–Crippen LogP) is 0.520. The third-order valence-electron chi connectivity index (χ3n) is 2.22. The molecule has 0 amide bonds. The lowest BCUT2D eigenvalue weighted by Gasteiger charge is -2.23. The zero-order valence-corrected chi connectivity index (χ0v) is 6.32. The van der Waals surface area contributed by atoms with Crippen LogP contribution in [-0.2, 0) is 9.63 Å². The summed E-state index contributed by atoms with van der Waals surface area (Å²) in [6.07, 6.45) is 3.00. The molecule has 0 aromatic rings. The van der Waals surface area contributed by atoms with E-state index in [1.54, 1.807) is 0 Å². The standard InChI is InChI=1S/C7H13NO3/c8-11-6-3-1-5(2-4-6)7(9)10/h5-6H,1-4,8H2,(H,9,10). The molecule has 0 aliphatic heterocycles. The molecule has 0 spiro atoms. The van der Waals surface area contributed by atoms with E-state index < -0.39 is 5.97 Å². The van der Waals surface area contributed by atoms with Crippen LogP contribution in [-0.4, -0.2) is 17.2 Å². The minimum atomic E-state index is -0.694. The molecule has 1 saturated carbocycles. The van der Waals surface area contributed by atoms with Crippen molar-refractivity contribution in [2.75, 3.05) is 0 Å². The highest BCUT2D eigenvalue weighted by Gasteiger charge is 2.25. The molecular weight excluding hydrogens is 146 g/mol. The van der Waals surface area contributed by atoms with Gasteiger partial charge < -0.3 is 9.94 Å². The van der Waals surface area contributed by atoms with E-state index in [1.807, 2.05) is 0 Å². The summed E-state index contributed by atoms with van der Waals surface area (Å²) in [7, 11) is 0. The van der Waals surface area contributed by atoms with E-state index in [0.717, 1.165) is 12.8 Å². The minimum Gasteiger partial charge on any atom is -0.481 e. The largest absolute Gasteiger partial charge is 0.481 e. The number of carboxylic acids is 1. The van der Waals surface area contributed by atoms with Gasteiger partial charge in [0.25, 0.3) is 0 Å². The Bertz CT molecular complexity index is 141. The lowest BCUT2D eigenvalue weighted by atomic mass is 9.88. The van der Waals surface area contributed by atoms with Crippen LogP contribution in [0.4, 0.5) is 0 Å². The van der Waals surface area contributed by atoms with Crippen molar-refractivity contribution in [2.24, 2.45) is 11.8 Å². The molecule has 0 heterocycles. The maximum Gasteiger partial charge on any atom is 0.306 e. The van der Waals surface area contributed by atoms with Crippen LogP contribution in [0.5, 0.6) is 0 Å². The number of hydrogen-bond donors (Lipinski definition) is 2. The second kappa shape index (κ2) is 3.69. The molecule has 0 aromatic heterocycles. The van der Waals surface area contributed by atoms with Crippen LogP contribution >= 0.6 is 0 Å². The van der Waals surface area contributed by atoms with E-state index >= 15 is 0 Å². The number of rotatable bonds is 2. The fraction of sp³-hybridized carbons (Fsp3) is 0.857. The highest BCUT2D eigenvalue weighted by molar-refractivity contribution is 5.69. The highest BCUT2D eigenvalue weighted by atomic mass is 16.6. The highest BCUT2D eigenvalue weighted by Crippen LogP contribution is 2.25. The summed E-state index contributed by atoms with van der Waals surface area (Å²) in [6.45, 7) is 0. The van der Waals surface area contributed by atoms with Crippen molar-refractivity contribution in [1.82, 2.24) is 0 Å². The van der Waals surface area contributed by atoms with Crippen molar-refractivity contribution >= 4 is 5.97 Å². The first-order valence-electron chi connectivity index (χ1n) is 3.82. The zero-order valence-electron chi connectivity index (χ0n) is 6.32. The van der Waals surface area contributed by atoms with E-state index in [9.17, 15) is 4.79 Å². The normalized spacial score (nSPS) is 31.7. The molecule has 64 valence electrons. The summed E-state index contributed by atoms with van der Waals surface area (Å²) in [4.78, 5) is 15.1. The van der Waals surface area contributed by atoms with Gasteiger partial charge in [0.1, 0.15) is 0 Å². The van der Waals surface area contributed by atoms with Crippen LogP contribution in [0, 0.1) is 5.92 Å². The van der Waals surface area contributed by atoms with E-state index in [2.05, 4.69) is 4.84 Å². The molecule has 3 N–H and O–H groups in total. The van der Waals surface area contributed by atoms with Gasteiger partial charge in [-0.3, -0.25) is 4.79 Å². The summed E-state index contributed by atoms with van der Waals surface area (Å²) in [5.41, 5.74) is 0. The Balaban J connectivity index is 2.30. The van der Waals surface area contributed by atoms with Crippen molar-refractivity contribution in [3.05, 3.63) is 0 Å². The second-order valence-corrected chi connectivity index (χ2v) is 2.95. The third kappa shape index (κ3) is 2.17. The molecule has 11 heavy (non-hydrogen) atoms. The first-order valence-corrected chi connectivity index (χ1v) is 3.82. The smallest absolute Gasteiger partial charge is 0.306 e. The molecule has 0 atom stereocenters. The third-order valence-corrected chi connectivity index (χ3v) is 2.22. The van der Waals surface area contributed by atoms with Crippen molar-refractivity contribution in [2.45, 2.75) is 31.8 Å². The van der Waals surface area contributed by atoms with Crippen LogP contribution in [0.2, 0.25) is 0 Å². The van der Waals surface area contributed by atoms with Gasteiger partial charge >= 0.3 is 5.97 Å². The fourth-order valence-corrected chi connectivity index (χ4v) is 1.45. The Morgan fingerprint density at radius 2 is 1.91 bits per heavy atom. The second-order valence-electron chi connectivity index (χ2n) is 2.95. The Labute approximate surface area is 65.3 Å². The van der Waals surface area contributed by atoms with Gasteiger partial charge in [-0.1, -0.05) is 0 Å². The van der Waals surface area contributed by atoms with Gasteiger partial charge in [0.2, 0.25) is 0 Å². The van der Waals surface area contributed by atoms with E-state index in [1.165, 1.54) is 0 Å². The number of aliphatic carboxylic acids is 1. The first-order chi connectivity index (χ1) is 5.24. The van der Waals surface area contributed by atoms with Crippen LogP contribution in [0.1, 0.15) is 25.7 Å². The summed E-state index contributed by atoms with van der Waals surface area (Å²) in [6, 6.07) is 0. The zero-order chi connectivity index (χ0) is 8.27. The molecule has 1 rings (SSSR count). The van der Waals surface area contributed by atoms with Gasteiger partial charge in [-0.25, -0.2) is 5.90 Å². The lowest BCUT2D eigenvalue weighted by molar-refractivity contribution is -0.143. The summed E-state index contributed by atoms with van der Waals surface area (Å²) < 4.78 is 0. The Kier molecular flexibility index (Phi) is 2.84. The van der Waals surface area contributed by atoms with Crippen molar-refractivity contribution in [3.8, 4) is 0 Å². The van der Waals surface area contributed by atoms with Crippen molar-refractivity contribution < 1.29 is 14.7 Å². The van der Waals surface area contributed by atoms with Crippen LogP contribution < -0.4 is 5.90 Å². The SMILES string of the molecule is NOC1CCC(C(=O)O)CC1. The molecule has 1 aliphatic rings. The van der Waals surface area contributed by atoms with Gasteiger partial charge in [-0.2, -0.15) is 0 Å². The quantitative estimate of drug-likeness (QED) is 0.576. The van der Waals surface area contributed by atoms with Crippen molar-refractivity contribution in [1.29, 1.82) is 0 Å². The topological polar surface area (TPSA) is 72.5 Å². The molecule has 1 fully saturated rings. The Hall–Kier alpha value is -0.610. The average molecular weight is 159 g/mol. The minimum absolute atomic E-state index is 0.0746. The van der Waals surface area contributed by atoms with Gasteiger partial charge in [0.15, 0.2) is 0 Å². The molecular formula is C7H13NO3. The van der Waals surface area contributed by atoms with E-state index in [0.29, 0.717) is 12.8 Å². The Morgan fingerprint density at radius 1 is 1.36 bits per heavy atom. The fourth-order valence-electron chi connectivity index (χ4n) is 1.45. The van der Waals surface area contributed by atoms with Crippen molar-refractivity contribution in [3.63, 3.8) is 0 Å². The van der Waals surface area contributed by atoms with Gasteiger partial charge in [-0.15, -0.1) is 0 Å². The molecule has 4 nitrogen and oxygen atoms in total. The molecule has 1 aliphatic carbocycles. The molecule has 0 bridgehead atoms. The summed E-state index contributed by atoms with van der Waals surface area (Å²) in [5, 5.41) is 8.63. The van der Waals surface area contributed by atoms with E-state index in [-0.39, 0.29) is 12.0 Å². The van der Waals surface area contributed by atoms with Gasteiger partial charge in [-0.05, 0) is 25.7 Å². The molecule has 4 heteroatoms. The first kappa shape index (κ1) is 8.49. The van der Waals surface area contributed by atoms with Crippen LogP contribution in [0.25, 0.3) is 0 Å². The van der Waals surface area contributed by atoms with Crippen LogP contribution in [0.15, 0.2) is 0 Å². The lowest BCUT2D eigenvalue weighted by Crippen LogP contribution is -2.27. The molecule has 0 radical (unpaired) electrons. The van der Waals surface area contributed by atoms with Gasteiger partial charge in [0.05, 0.1) is 12.0 Å². The molecule has 0 unspecified atom stereocenters. The summed E-state index contributed by atoms with van der Waals surface area (Å²) >= 11 is 0. The maximum absolute atomic E-state index is 10.5. The predicted molar refractivity (Wildman–Crippen MR) is 38.7 cm³/mol. The monoisotopic (exact) mass is 159 g/mol. The van der Waals surface area contributed by atoms with Gasteiger partial charge in [0, 0.05) is 0 Å². The Morgan fingerprint density at radius 3 is 2.27 bits per heavy atom.